The fraction of sp³-hybridized carbons (Fsp3) is 0.222. The van der Waals surface area contributed by atoms with E-state index in [9.17, 15) is 18.3 Å². The third-order valence-electron chi connectivity index (χ3n) is 3.72. The molecule has 2 aromatic rings. The van der Waals surface area contributed by atoms with Gasteiger partial charge in [0.25, 0.3) is 5.91 Å². The van der Waals surface area contributed by atoms with E-state index in [-0.39, 0.29) is 11.5 Å². The number of carbonyl (C=O) groups is 1. The Morgan fingerprint density at radius 2 is 2.04 bits per heavy atom. The minimum absolute atomic E-state index is 0.0224. The minimum Gasteiger partial charge on any atom is -0.504 e. The van der Waals surface area contributed by atoms with Crippen molar-refractivity contribution in [2.75, 3.05) is 24.2 Å². The molecule has 2 N–H and O–H groups in total. The average Bonchev–Trinajstić information content (AvgIpc) is 2.61. The van der Waals surface area contributed by atoms with Gasteiger partial charge >= 0.3 is 0 Å². The molecule has 0 aliphatic rings. The van der Waals surface area contributed by atoms with Crippen molar-refractivity contribution < 1.29 is 23.1 Å². The highest BCUT2D eigenvalue weighted by atomic mass is 35.5. The first kappa shape index (κ1) is 21.5. The molecule has 10 heteroatoms. The number of phenolic OH excluding ortho intramolecular Hbond substituents is 1. The number of rotatable bonds is 7. The molecule has 0 saturated heterocycles. The molecule has 2 aromatic carbocycles. The zero-order chi connectivity index (χ0) is 20.9. The van der Waals surface area contributed by atoms with Crippen LogP contribution in [-0.4, -0.2) is 45.6 Å². The highest BCUT2D eigenvalue weighted by Crippen LogP contribution is 2.26. The van der Waals surface area contributed by atoms with Crippen LogP contribution in [0.15, 0.2) is 41.5 Å². The lowest BCUT2D eigenvalue weighted by Gasteiger charge is -2.23. The van der Waals surface area contributed by atoms with Crippen molar-refractivity contribution in [1.82, 2.24) is 5.43 Å². The summed E-state index contributed by atoms with van der Waals surface area (Å²) in [5.41, 5.74) is 3.83. The third kappa shape index (κ3) is 5.61. The quantitative estimate of drug-likeness (QED) is 0.522. The van der Waals surface area contributed by atoms with Crippen LogP contribution in [0.4, 0.5) is 5.69 Å². The molecule has 0 unspecified atom stereocenters. The summed E-state index contributed by atoms with van der Waals surface area (Å²) in [6.07, 6.45) is 2.36. The minimum atomic E-state index is -3.71. The highest BCUT2D eigenvalue weighted by Gasteiger charge is 2.22. The Hall–Kier alpha value is -2.78. The molecule has 0 atom stereocenters. The lowest BCUT2D eigenvalue weighted by Crippen LogP contribution is -2.39. The van der Waals surface area contributed by atoms with Crippen LogP contribution >= 0.6 is 11.6 Å². The van der Waals surface area contributed by atoms with Gasteiger partial charge in [-0.25, -0.2) is 13.8 Å². The van der Waals surface area contributed by atoms with Crippen LogP contribution in [0.5, 0.6) is 11.5 Å². The van der Waals surface area contributed by atoms with Gasteiger partial charge in [0.05, 0.1) is 25.3 Å². The Balaban J connectivity index is 2.12. The summed E-state index contributed by atoms with van der Waals surface area (Å²) in [6, 6.07) is 9.24. The SMILES string of the molecule is COc1cc(/C=N\NC(=O)CN(c2ccc(Cl)cc2C)S(C)(=O)=O)ccc1O. The topological polar surface area (TPSA) is 108 Å². The van der Waals surface area contributed by atoms with Crippen LogP contribution in [0.25, 0.3) is 0 Å². The maximum absolute atomic E-state index is 12.2. The van der Waals surface area contributed by atoms with E-state index < -0.39 is 22.5 Å². The molecule has 28 heavy (non-hydrogen) atoms. The highest BCUT2D eigenvalue weighted by molar-refractivity contribution is 7.92. The molecule has 0 saturated carbocycles. The monoisotopic (exact) mass is 425 g/mol. The summed E-state index contributed by atoms with van der Waals surface area (Å²) >= 11 is 5.91. The number of hydrogen-bond acceptors (Lipinski definition) is 6. The maximum atomic E-state index is 12.2. The van der Waals surface area contributed by atoms with Gasteiger partial charge in [0, 0.05) is 5.02 Å². The summed E-state index contributed by atoms with van der Waals surface area (Å²) in [7, 11) is -2.29. The number of amides is 1. The van der Waals surface area contributed by atoms with E-state index in [1.165, 1.54) is 31.5 Å². The molecular weight excluding hydrogens is 406 g/mol. The van der Waals surface area contributed by atoms with Crippen LogP contribution in [0, 0.1) is 6.92 Å². The van der Waals surface area contributed by atoms with Crippen molar-refractivity contribution in [3.63, 3.8) is 0 Å². The van der Waals surface area contributed by atoms with Gasteiger partial charge in [-0.15, -0.1) is 0 Å². The van der Waals surface area contributed by atoms with Gasteiger partial charge < -0.3 is 9.84 Å². The standard InChI is InChI=1S/C18H20ClN3O5S/c1-12-8-14(19)5-6-15(12)22(28(3,25)26)11-18(24)21-20-10-13-4-7-16(23)17(9-13)27-2/h4-10,23H,11H2,1-3H3,(H,21,24)/b20-10-. The van der Waals surface area contributed by atoms with Crippen molar-refractivity contribution in [2.24, 2.45) is 5.10 Å². The normalized spacial score (nSPS) is 11.4. The number of benzene rings is 2. The van der Waals surface area contributed by atoms with Crippen molar-refractivity contribution >= 4 is 39.4 Å². The first-order valence-corrected chi connectivity index (χ1v) is 10.3. The van der Waals surface area contributed by atoms with E-state index >= 15 is 0 Å². The number of halogens is 1. The Kier molecular flexibility index (Phi) is 6.87. The summed E-state index contributed by atoms with van der Waals surface area (Å²) < 4.78 is 30.2. The number of aromatic hydroxyl groups is 1. The van der Waals surface area contributed by atoms with Crippen LogP contribution in [0.3, 0.4) is 0 Å². The molecule has 0 heterocycles. The number of nitrogens with zero attached hydrogens (tertiary/aromatic N) is 2. The van der Waals surface area contributed by atoms with Crippen molar-refractivity contribution in [3.8, 4) is 11.5 Å². The second-order valence-corrected chi connectivity index (χ2v) is 8.27. The van der Waals surface area contributed by atoms with Gasteiger partial charge in [-0.3, -0.25) is 9.10 Å². The first-order chi connectivity index (χ1) is 13.1. The number of carbonyl (C=O) groups excluding carboxylic acids is 1. The average molecular weight is 426 g/mol. The van der Waals surface area contributed by atoms with Crippen LogP contribution < -0.4 is 14.5 Å². The fourth-order valence-corrected chi connectivity index (χ4v) is 3.54. The number of anilines is 1. The number of methoxy groups -OCH3 is 1. The molecule has 2 rings (SSSR count). The predicted octanol–water partition coefficient (Wildman–Crippen LogP) is 2.28. The van der Waals surface area contributed by atoms with E-state index in [0.29, 0.717) is 21.8 Å². The first-order valence-electron chi connectivity index (χ1n) is 8.04. The molecule has 0 bridgehead atoms. The van der Waals surface area contributed by atoms with Crippen molar-refractivity contribution in [3.05, 3.63) is 52.5 Å². The fourth-order valence-electron chi connectivity index (χ4n) is 2.40. The molecule has 0 radical (unpaired) electrons. The predicted molar refractivity (Wildman–Crippen MR) is 109 cm³/mol. The Morgan fingerprint density at radius 3 is 2.64 bits per heavy atom. The number of nitrogens with one attached hydrogen (secondary N) is 1. The summed E-state index contributed by atoms with van der Waals surface area (Å²) in [5.74, 6) is -0.385. The zero-order valence-corrected chi connectivity index (χ0v) is 17.1. The van der Waals surface area contributed by atoms with E-state index in [0.717, 1.165) is 10.6 Å². The largest absolute Gasteiger partial charge is 0.504 e. The van der Waals surface area contributed by atoms with E-state index in [4.69, 9.17) is 16.3 Å². The van der Waals surface area contributed by atoms with E-state index in [2.05, 4.69) is 10.5 Å². The lowest BCUT2D eigenvalue weighted by molar-refractivity contribution is -0.119. The molecule has 0 spiro atoms. The van der Waals surface area contributed by atoms with Gasteiger partial charge in [-0.1, -0.05) is 11.6 Å². The van der Waals surface area contributed by atoms with Crippen molar-refractivity contribution in [1.29, 1.82) is 0 Å². The van der Waals surface area contributed by atoms with Gasteiger partial charge in [-0.05, 0) is 54.4 Å². The number of phenols is 1. The van der Waals surface area contributed by atoms with Gasteiger partial charge in [0.1, 0.15) is 6.54 Å². The molecule has 0 aliphatic heterocycles. The van der Waals surface area contributed by atoms with E-state index in [1.807, 2.05) is 0 Å². The molecule has 1 amide bonds. The molecule has 8 nitrogen and oxygen atoms in total. The van der Waals surface area contributed by atoms with Gasteiger partial charge in [-0.2, -0.15) is 5.10 Å². The Labute approximate surface area is 168 Å². The molecule has 0 fully saturated rings. The van der Waals surface area contributed by atoms with Crippen molar-refractivity contribution in [2.45, 2.75) is 6.92 Å². The Bertz CT molecular complexity index is 1010. The van der Waals surface area contributed by atoms with Crippen LogP contribution in [-0.2, 0) is 14.8 Å². The number of hydrazone groups is 1. The number of ether oxygens (including phenoxy) is 1. The number of sulfonamides is 1. The summed E-state index contributed by atoms with van der Waals surface area (Å²) in [5, 5.41) is 13.8. The molecule has 0 aliphatic carbocycles. The molecular formula is C18H20ClN3O5S. The summed E-state index contributed by atoms with van der Waals surface area (Å²) in [6.45, 7) is 1.26. The van der Waals surface area contributed by atoms with Gasteiger partial charge in [0.15, 0.2) is 11.5 Å². The van der Waals surface area contributed by atoms with Crippen LogP contribution in [0.1, 0.15) is 11.1 Å². The number of aryl methyl sites for hydroxylation is 1. The lowest BCUT2D eigenvalue weighted by atomic mass is 10.2. The Morgan fingerprint density at radius 1 is 1.32 bits per heavy atom. The summed E-state index contributed by atoms with van der Waals surface area (Å²) in [4.78, 5) is 12.2. The zero-order valence-electron chi connectivity index (χ0n) is 15.5. The number of hydrogen-bond donors (Lipinski definition) is 2. The third-order valence-corrected chi connectivity index (χ3v) is 5.08. The second kappa shape index (κ2) is 8.94. The van der Waals surface area contributed by atoms with Gasteiger partial charge in [0.2, 0.25) is 10.0 Å². The maximum Gasteiger partial charge on any atom is 0.260 e. The molecule has 0 aromatic heterocycles. The van der Waals surface area contributed by atoms with Crippen LogP contribution in [0.2, 0.25) is 5.02 Å². The van der Waals surface area contributed by atoms with E-state index in [1.54, 1.807) is 25.1 Å². The second-order valence-electron chi connectivity index (χ2n) is 5.92. The smallest absolute Gasteiger partial charge is 0.260 e. The molecule has 150 valence electrons.